The maximum absolute atomic E-state index is 2.42. The fourth-order valence-corrected chi connectivity index (χ4v) is 9.87. The van der Waals surface area contributed by atoms with Crippen LogP contribution < -0.4 is 4.90 Å². The van der Waals surface area contributed by atoms with Gasteiger partial charge in [-0.3, -0.25) is 0 Å². The lowest BCUT2D eigenvalue weighted by atomic mass is 9.95. The number of rotatable bonds is 7. The van der Waals surface area contributed by atoms with Gasteiger partial charge in [0, 0.05) is 37.1 Å². The smallest absolute Gasteiger partial charge is 0.0540 e. The van der Waals surface area contributed by atoms with E-state index in [1.54, 1.807) is 0 Å². The number of hydrogen-bond donors (Lipinski definition) is 0. The molecule has 0 bridgehead atoms. The molecular formula is C56H37NS. The highest BCUT2D eigenvalue weighted by Gasteiger charge is 2.20. The summed E-state index contributed by atoms with van der Waals surface area (Å²) in [4.78, 5) is 2.42. The molecule has 0 amide bonds. The molecule has 11 rings (SSSR count). The fourth-order valence-electron chi connectivity index (χ4n) is 8.74. The van der Waals surface area contributed by atoms with E-state index in [0.29, 0.717) is 0 Å². The van der Waals surface area contributed by atoms with Crippen LogP contribution in [0.5, 0.6) is 0 Å². The summed E-state index contributed by atoms with van der Waals surface area (Å²) in [6.45, 7) is 0. The largest absolute Gasteiger partial charge is 0.310 e. The Labute approximate surface area is 342 Å². The van der Waals surface area contributed by atoms with Crippen molar-refractivity contribution < 1.29 is 0 Å². The van der Waals surface area contributed by atoms with Crippen LogP contribution in [-0.2, 0) is 0 Å². The molecule has 0 saturated carbocycles. The molecule has 0 spiro atoms. The average molecular weight is 756 g/mol. The first kappa shape index (κ1) is 34.0. The minimum atomic E-state index is 1.10. The van der Waals surface area contributed by atoms with E-state index in [1.807, 2.05) is 11.3 Å². The van der Waals surface area contributed by atoms with E-state index in [-0.39, 0.29) is 0 Å². The van der Waals surface area contributed by atoms with Gasteiger partial charge in [-0.25, -0.2) is 0 Å². The predicted molar refractivity (Wildman–Crippen MR) is 251 cm³/mol. The van der Waals surface area contributed by atoms with Crippen molar-refractivity contribution in [3.05, 3.63) is 224 Å². The molecule has 272 valence electrons. The molecule has 0 N–H and O–H groups in total. The summed E-state index contributed by atoms with van der Waals surface area (Å²) in [5.74, 6) is 0. The third-order valence-corrected chi connectivity index (χ3v) is 12.6. The average Bonchev–Trinajstić information content (AvgIpc) is 3.69. The maximum Gasteiger partial charge on any atom is 0.0540 e. The van der Waals surface area contributed by atoms with Gasteiger partial charge >= 0.3 is 0 Å². The highest BCUT2D eigenvalue weighted by atomic mass is 32.1. The molecule has 10 aromatic carbocycles. The van der Waals surface area contributed by atoms with Crippen LogP contribution in [0, 0.1) is 0 Å². The van der Waals surface area contributed by atoms with E-state index in [4.69, 9.17) is 0 Å². The van der Waals surface area contributed by atoms with E-state index in [0.717, 1.165) is 17.1 Å². The Balaban J connectivity index is 1.04. The molecule has 0 aliphatic heterocycles. The second-order valence-electron chi connectivity index (χ2n) is 14.9. The molecule has 0 unspecified atom stereocenters. The Bertz CT molecular complexity index is 3270. The number of hydrogen-bond acceptors (Lipinski definition) is 2. The van der Waals surface area contributed by atoms with Gasteiger partial charge in [0.05, 0.1) is 5.69 Å². The molecule has 0 fully saturated rings. The topological polar surface area (TPSA) is 3.24 Å². The first-order chi connectivity index (χ1) is 28.8. The zero-order valence-electron chi connectivity index (χ0n) is 31.7. The van der Waals surface area contributed by atoms with Gasteiger partial charge in [0.25, 0.3) is 0 Å². The molecule has 1 nitrogen and oxygen atoms in total. The number of anilines is 3. The molecule has 58 heavy (non-hydrogen) atoms. The van der Waals surface area contributed by atoms with Crippen molar-refractivity contribution in [2.24, 2.45) is 0 Å². The minimum absolute atomic E-state index is 1.10. The van der Waals surface area contributed by atoms with Gasteiger partial charge < -0.3 is 4.90 Å². The summed E-state index contributed by atoms with van der Waals surface area (Å²) in [6.07, 6.45) is 0. The second-order valence-corrected chi connectivity index (χ2v) is 15.9. The lowest BCUT2D eigenvalue weighted by molar-refractivity contribution is 1.28. The highest BCUT2D eigenvalue weighted by Crippen LogP contribution is 2.46. The van der Waals surface area contributed by atoms with Crippen molar-refractivity contribution in [1.29, 1.82) is 0 Å². The van der Waals surface area contributed by atoms with Crippen LogP contribution in [0.25, 0.3) is 86.2 Å². The van der Waals surface area contributed by atoms with Gasteiger partial charge in [-0.1, -0.05) is 176 Å². The molecule has 0 saturated heterocycles. The number of fused-ring (bicyclic) bond motifs is 5. The molecule has 11 aromatic rings. The number of nitrogens with zero attached hydrogens (tertiary/aromatic N) is 1. The zero-order chi connectivity index (χ0) is 38.4. The Hall–Kier alpha value is -7.26. The van der Waals surface area contributed by atoms with Crippen LogP contribution in [0.1, 0.15) is 0 Å². The molecule has 2 heteroatoms. The van der Waals surface area contributed by atoms with Gasteiger partial charge in [0.1, 0.15) is 0 Å². The standard InChI is InChI=1S/C56H37NS/c1-3-19-46-39(13-1)15-10-23-48(46)41-31-35-45(36-32-41)57(53-26-7-5-21-50(53)51-25-12-28-55-56(51)52-22-6-8-27-54(52)58-55)44-33-29-38(30-34-44)42-17-9-18-43(37-42)49-24-11-16-40-14-2-4-20-47(40)49/h1-37H. The molecular weight excluding hydrogens is 719 g/mol. The Morgan fingerprint density at radius 1 is 0.293 bits per heavy atom. The van der Waals surface area contributed by atoms with Gasteiger partial charge in [-0.2, -0.15) is 0 Å². The minimum Gasteiger partial charge on any atom is -0.310 e. The lowest BCUT2D eigenvalue weighted by Gasteiger charge is -2.28. The molecule has 0 radical (unpaired) electrons. The second kappa shape index (κ2) is 14.4. The van der Waals surface area contributed by atoms with E-state index >= 15 is 0 Å². The Morgan fingerprint density at radius 2 is 0.776 bits per heavy atom. The third kappa shape index (κ3) is 5.94. The molecule has 0 aliphatic rings. The van der Waals surface area contributed by atoms with Gasteiger partial charge in [-0.05, 0) is 109 Å². The van der Waals surface area contributed by atoms with E-state index < -0.39 is 0 Å². The van der Waals surface area contributed by atoms with Gasteiger partial charge in [0.15, 0.2) is 0 Å². The number of thiophene rings is 1. The molecule has 1 aromatic heterocycles. The van der Waals surface area contributed by atoms with Crippen molar-refractivity contribution >= 4 is 70.1 Å². The molecule has 0 atom stereocenters. The van der Waals surface area contributed by atoms with Gasteiger partial charge in [0.2, 0.25) is 0 Å². The first-order valence-electron chi connectivity index (χ1n) is 19.8. The summed E-state index contributed by atoms with van der Waals surface area (Å²) in [5, 5.41) is 7.64. The maximum atomic E-state index is 2.42. The summed E-state index contributed by atoms with van der Waals surface area (Å²) in [7, 11) is 0. The summed E-state index contributed by atoms with van der Waals surface area (Å²) < 4.78 is 2.61. The fraction of sp³-hybridized carbons (Fsp3) is 0. The van der Waals surface area contributed by atoms with Crippen LogP contribution in [0.15, 0.2) is 224 Å². The third-order valence-electron chi connectivity index (χ3n) is 11.5. The molecule has 0 aliphatic carbocycles. The normalized spacial score (nSPS) is 11.4. The lowest BCUT2D eigenvalue weighted by Crippen LogP contribution is -2.11. The summed E-state index contributed by atoms with van der Waals surface area (Å²) >= 11 is 1.86. The van der Waals surface area contributed by atoms with E-state index in [2.05, 4.69) is 229 Å². The monoisotopic (exact) mass is 755 g/mol. The SMILES string of the molecule is c1cc(-c2ccc(N(c3ccc(-c4cccc5ccccc45)cc3)c3ccccc3-c3cccc4sc5ccccc5c34)cc2)cc(-c2cccc3ccccc23)c1. The van der Waals surface area contributed by atoms with Crippen molar-refractivity contribution in [1.82, 2.24) is 0 Å². The Morgan fingerprint density at radius 3 is 1.50 bits per heavy atom. The van der Waals surface area contributed by atoms with Crippen molar-refractivity contribution in [2.45, 2.75) is 0 Å². The van der Waals surface area contributed by atoms with Crippen LogP contribution >= 0.6 is 11.3 Å². The highest BCUT2D eigenvalue weighted by molar-refractivity contribution is 7.25. The van der Waals surface area contributed by atoms with Crippen LogP contribution in [0.2, 0.25) is 0 Å². The van der Waals surface area contributed by atoms with E-state index in [1.165, 1.54) is 86.2 Å². The number of benzene rings is 10. The van der Waals surface area contributed by atoms with Crippen LogP contribution in [-0.4, -0.2) is 0 Å². The summed E-state index contributed by atoms with van der Waals surface area (Å²) in [6, 6.07) is 81.9. The quantitative estimate of drug-likeness (QED) is 0.157. The van der Waals surface area contributed by atoms with Crippen LogP contribution in [0.4, 0.5) is 17.1 Å². The summed E-state index contributed by atoms with van der Waals surface area (Å²) in [5.41, 5.74) is 13.0. The van der Waals surface area contributed by atoms with Crippen molar-refractivity contribution in [3.8, 4) is 44.5 Å². The van der Waals surface area contributed by atoms with Gasteiger partial charge in [-0.15, -0.1) is 11.3 Å². The zero-order valence-corrected chi connectivity index (χ0v) is 32.5. The first-order valence-corrected chi connectivity index (χ1v) is 20.7. The van der Waals surface area contributed by atoms with E-state index in [9.17, 15) is 0 Å². The van der Waals surface area contributed by atoms with Crippen LogP contribution in [0.3, 0.4) is 0 Å². The predicted octanol–water partition coefficient (Wildman–Crippen LogP) is 16.5. The van der Waals surface area contributed by atoms with Crippen molar-refractivity contribution in [3.63, 3.8) is 0 Å². The Kier molecular flexibility index (Phi) is 8.42. The number of para-hydroxylation sites is 1. The van der Waals surface area contributed by atoms with Crippen molar-refractivity contribution in [2.75, 3.05) is 4.90 Å². The molecule has 1 heterocycles.